The summed E-state index contributed by atoms with van der Waals surface area (Å²) in [5.41, 5.74) is 1.51. The molecule has 2 aromatic carbocycles. The molecule has 7 heteroatoms. The lowest BCUT2D eigenvalue weighted by molar-refractivity contribution is 0.0358. The molecule has 5 nitrogen and oxygen atoms in total. The fraction of sp³-hybridized carbons (Fsp3) is 0.409. The summed E-state index contributed by atoms with van der Waals surface area (Å²) in [4.78, 5) is 4.36. The highest BCUT2D eigenvalue weighted by atomic mass is 32.1. The van der Waals surface area contributed by atoms with E-state index in [1.165, 1.54) is 6.07 Å². The van der Waals surface area contributed by atoms with Gasteiger partial charge in [-0.25, -0.2) is 4.39 Å². The molecule has 156 valence electrons. The summed E-state index contributed by atoms with van der Waals surface area (Å²) in [6, 6.07) is 14.5. The number of anilines is 1. The van der Waals surface area contributed by atoms with Crippen molar-refractivity contribution in [2.75, 3.05) is 51.3 Å². The van der Waals surface area contributed by atoms with E-state index < -0.39 is 0 Å². The smallest absolute Gasteiger partial charge is 0.173 e. The normalized spacial score (nSPS) is 14.4. The molecule has 0 aromatic heterocycles. The van der Waals surface area contributed by atoms with Crippen molar-refractivity contribution in [3.63, 3.8) is 0 Å². The first-order chi connectivity index (χ1) is 14.2. The highest BCUT2D eigenvalue weighted by Crippen LogP contribution is 2.17. The van der Waals surface area contributed by atoms with Crippen LogP contribution in [-0.2, 0) is 11.3 Å². The third-order valence-corrected chi connectivity index (χ3v) is 5.17. The topological polar surface area (TPSA) is 37.0 Å². The molecule has 1 saturated heterocycles. The van der Waals surface area contributed by atoms with Crippen LogP contribution in [0.2, 0.25) is 0 Å². The van der Waals surface area contributed by atoms with Crippen molar-refractivity contribution in [3.05, 3.63) is 59.9 Å². The molecule has 1 aliphatic heterocycles. The van der Waals surface area contributed by atoms with Crippen molar-refractivity contribution in [2.45, 2.75) is 13.5 Å². The molecule has 3 rings (SSSR count). The number of thiocarbonyl (C=S) groups is 1. The van der Waals surface area contributed by atoms with Crippen molar-refractivity contribution in [3.8, 4) is 5.75 Å². The Kier molecular flexibility index (Phi) is 8.22. The third-order valence-electron chi connectivity index (χ3n) is 4.81. The Morgan fingerprint density at radius 3 is 2.59 bits per heavy atom. The van der Waals surface area contributed by atoms with Crippen LogP contribution in [0.5, 0.6) is 5.75 Å². The third kappa shape index (κ3) is 6.66. The van der Waals surface area contributed by atoms with Crippen molar-refractivity contribution < 1.29 is 13.9 Å². The molecule has 1 heterocycles. The average molecular weight is 418 g/mol. The van der Waals surface area contributed by atoms with Crippen LogP contribution < -0.4 is 10.1 Å². The zero-order valence-electron chi connectivity index (χ0n) is 16.8. The lowest BCUT2D eigenvalue weighted by atomic mass is 10.2. The number of morpholine rings is 1. The molecule has 0 amide bonds. The SMILES string of the molecule is CCOc1ccc(NC(=S)N(CCN2CCOCC2)Cc2ccccc2F)cc1. The van der Waals surface area contributed by atoms with Gasteiger partial charge in [0.25, 0.3) is 0 Å². The quantitative estimate of drug-likeness (QED) is 0.660. The lowest BCUT2D eigenvalue weighted by Gasteiger charge is -2.31. The Bertz CT molecular complexity index is 782. The first-order valence-corrected chi connectivity index (χ1v) is 10.4. The van der Waals surface area contributed by atoms with Gasteiger partial charge in [-0.05, 0) is 49.5 Å². The number of nitrogens with one attached hydrogen (secondary N) is 1. The van der Waals surface area contributed by atoms with Crippen LogP contribution in [0.1, 0.15) is 12.5 Å². The Morgan fingerprint density at radius 1 is 1.17 bits per heavy atom. The molecule has 2 aromatic rings. The molecule has 29 heavy (non-hydrogen) atoms. The minimum atomic E-state index is -0.215. The van der Waals surface area contributed by atoms with E-state index in [1.54, 1.807) is 12.1 Å². The zero-order valence-corrected chi connectivity index (χ0v) is 17.6. The van der Waals surface area contributed by atoms with Gasteiger partial charge in [0.2, 0.25) is 0 Å². The number of halogens is 1. The summed E-state index contributed by atoms with van der Waals surface area (Å²) in [6.07, 6.45) is 0. The number of hydrogen-bond acceptors (Lipinski definition) is 4. The van der Waals surface area contributed by atoms with Crippen LogP contribution >= 0.6 is 12.2 Å². The standard InChI is InChI=1S/C22H28FN3O2S/c1-2-28-20-9-7-19(8-10-20)24-22(29)26(12-11-25-13-15-27-16-14-25)17-18-5-3-4-6-21(18)23/h3-10H,2,11-17H2,1H3,(H,24,29). The van der Waals surface area contributed by atoms with Gasteiger partial charge in [0.15, 0.2) is 5.11 Å². The monoisotopic (exact) mass is 417 g/mol. The number of hydrogen-bond donors (Lipinski definition) is 1. The molecule has 0 atom stereocenters. The summed E-state index contributed by atoms with van der Waals surface area (Å²) >= 11 is 5.67. The maximum Gasteiger partial charge on any atom is 0.173 e. The molecule has 0 spiro atoms. The lowest BCUT2D eigenvalue weighted by Crippen LogP contribution is -2.44. The maximum absolute atomic E-state index is 14.2. The van der Waals surface area contributed by atoms with E-state index in [4.69, 9.17) is 21.7 Å². The number of nitrogens with zero attached hydrogens (tertiary/aromatic N) is 2. The van der Waals surface area contributed by atoms with Crippen molar-refractivity contribution >= 4 is 23.0 Å². The van der Waals surface area contributed by atoms with Gasteiger partial charge in [0.1, 0.15) is 11.6 Å². The van der Waals surface area contributed by atoms with Gasteiger partial charge in [0, 0.05) is 44.0 Å². The predicted molar refractivity (Wildman–Crippen MR) is 118 cm³/mol. The molecule has 0 saturated carbocycles. The van der Waals surface area contributed by atoms with E-state index in [0.29, 0.717) is 30.4 Å². The van der Waals surface area contributed by atoms with Crippen molar-refractivity contribution in [2.24, 2.45) is 0 Å². The minimum Gasteiger partial charge on any atom is -0.494 e. The van der Waals surface area contributed by atoms with E-state index in [0.717, 1.165) is 44.3 Å². The van der Waals surface area contributed by atoms with Gasteiger partial charge < -0.3 is 19.7 Å². The molecular formula is C22H28FN3O2S. The zero-order chi connectivity index (χ0) is 20.5. The molecule has 1 aliphatic rings. The average Bonchev–Trinajstić information content (AvgIpc) is 2.74. The molecule has 0 bridgehead atoms. The first kappa shape index (κ1) is 21.5. The van der Waals surface area contributed by atoms with Gasteiger partial charge >= 0.3 is 0 Å². The highest BCUT2D eigenvalue weighted by molar-refractivity contribution is 7.80. The summed E-state index contributed by atoms with van der Waals surface area (Å²) in [7, 11) is 0. The molecule has 0 unspecified atom stereocenters. The molecular weight excluding hydrogens is 389 g/mol. The van der Waals surface area contributed by atoms with Crippen LogP contribution in [0.3, 0.4) is 0 Å². The number of ether oxygens (including phenoxy) is 2. The van der Waals surface area contributed by atoms with Gasteiger partial charge in [-0.2, -0.15) is 0 Å². The molecule has 0 aliphatic carbocycles. The Hall–Kier alpha value is -2.22. The second-order valence-electron chi connectivity index (χ2n) is 6.85. The van der Waals surface area contributed by atoms with Crippen LogP contribution in [0.4, 0.5) is 10.1 Å². The van der Waals surface area contributed by atoms with Gasteiger partial charge in [-0.3, -0.25) is 4.90 Å². The molecule has 0 radical (unpaired) electrons. The second kappa shape index (κ2) is 11.1. The van der Waals surface area contributed by atoms with Crippen LogP contribution in [0, 0.1) is 5.82 Å². The molecule has 1 N–H and O–H groups in total. The van der Waals surface area contributed by atoms with Crippen molar-refractivity contribution in [1.82, 2.24) is 9.80 Å². The summed E-state index contributed by atoms with van der Waals surface area (Å²) in [5, 5.41) is 3.85. The van der Waals surface area contributed by atoms with E-state index in [-0.39, 0.29) is 5.82 Å². The summed E-state index contributed by atoms with van der Waals surface area (Å²) < 4.78 is 25.1. The van der Waals surface area contributed by atoms with E-state index >= 15 is 0 Å². The number of rotatable bonds is 8. The Labute approximate surface area is 177 Å². The largest absolute Gasteiger partial charge is 0.494 e. The molecule has 1 fully saturated rings. The van der Waals surface area contributed by atoms with Gasteiger partial charge in [-0.15, -0.1) is 0 Å². The predicted octanol–water partition coefficient (Wildman–Crippen LogP) is 3.76. The first-order valence-electron chi connectivity index (χ1n) is 9.98. The Balaban J connectivity index is 1.66. The fourth-order valence-electron chi connectivity index (χ4n) is 3.18. The summed E-state index contributed by atoms with van der Waals surface area (Å²) in [6.45, 7) is 7.88. The fourth-order valence-corrected chi connectivity index (χ4v) is 3.45. The van der Waals surface area contributed by atoms with E-state index in [1.807, 2.05) is 42.2 Å². The van der Waals surface area contributed by atoms with E-state index in [2.05, 4.69) is 10.2 Å². The summed E-state index contributed by atoms with van der Waals surface area (Å²) in [5.74, 6) is 0.604. The van der Waals surface area contributed by atoms with Gasteiger partial charge in [0.05, 0.1) is 19.8 Å². The second-order valence-corrected chi connectivity index (χ2v) is 7.24. The van der Waals surface area contributed by atoms with Crippen LogP contribution in [0.15, 0.2) is 48.5 Å². The minimum absolute atomic E-state index is 0.215. The number of benzene rings is 2. The van der Waals surface area contributed by atoms with Crippen LogP contribution in [0.25, 0.3) is 0 Å². The van der Waals surface area contributed by atoms with Crippen LogP contribution in [-0.4, -0.2) is 60.9 Å². The highest BCUT2D eigenvalue weighted by Gasteiger charge is 2.16. The Morgan fingerprint density at radius 2 is 1.90 bits per heavy atom. The van der Waals surface area contributed by atoms with E-state index in [9.17, 15) is 4.39 Å². The van der Waals surface area contributed by atoms with Gasteiger partial charge in [-0.1, -0.05) is 18.2 Å². The maximum atomic E-state index is 14.2. The van der Waals surface area contributed by atoms with Crippen molar-refractivity contribution in [1.29, 1.82) is 0 Å².